The third-order valence-corrected chi connectivity index (χ3v) is 2.12. The van der Waals surface area contributed by atoms with Crippen molar-refractivity contribution in [3.63, 3.8) is 0 Å². The smallest absolute Gasteiger partial charge is 0.120 e. The first-order valence-electron chi connectivity index (χ1n) is 4.80. The molecule has 0 bridgehead atoms. The molecule has 14 heavy (non-hydrogen) atoms. The Labute approximate surface area is 84.4 Å². The summed E-state index contributed by atoms with van der Waals surface area (Å²) < 4.78 is 0. The van der Waals surface area contributed by atoms with Gasteiger partial charge in [0.2, 0.25) is 0 Å². The van der Waals surface area contributed by atoms with E-state index in [1.165, 1.54) is 0 Å². The Kier molecular flexibility index (Phi) is 3.92. The van der Waals surface area contributed by atoms with Gasteiger partial charge in [0.25, 0.3) is 0 Å². The molecule has 2 atom stereocenters. The molecule has 0 amide bonds. The van der Waals surface area contributed by atoms with Crippen LogP contribution < -0.4 is 5.32 Å². The molecule has 2 unspecified atom stereocenters. The van der Waals surface area contributed by atoms with E-state index in [9.17, 15) is 5.11 Å². The van der Waals surface area contributed by atoms with E-state index in [0.29, 0.717) is 6.54 Å². The van der Waals surface area contributed by atoms with Crippen molar-refractivity contribution in [2.75, 3.05) is 6.54 Å². The third-order valence-electron chi connectivity index (χ3n) is 2.12. The van der Waals surface area contributed by atoms with Crippen LogP contribution in [-0.4, -0.2) is 22.9 Å². The molecule has 0 saturated heterocycles. The van der Waals surface area contributed by atoms with E-state index in [0.717, 1.165) is 5.56 Å². The van der Waals surface area contributed by atoms with Gasteiger partial charge < -0.3 is 15.5 Å². The topological polar surface area (TPSA) is 52.5 Å². The molecule has 0 radical (unpaired) electrons. The maximum Gasteiger partial charge on any atom is 0.120 e. The Morgan fingerprint density at radius 1 is 1.29 bits per heavy atom. The van der Waals surface area contributed by atoms with Gasteiger partial charge in [0.05, 0.1) is 6.10 Å². The van der Waals surface area contributed by atoms with Crippen molar-refractivity contribution >= 4 is 0 Å². The van der Waals surface area contributed by atoms with Gasteiger partial charge in [0.1, 0.15) is 5.75 Å². The molecule has 78 valence electrons. The molecular formula is C11H17NO2. The zero-order valence-corrected chi connectivity index (χ0v) is 8.57. The van der Waals surface area contributed by atoms with Gasteiger partial charge >= 0.3 is 0 Å². The Morgan fingerprint density at radius 2 is 1.93 bits per heavy atom. The predicted molar refractivity (Wildman–Crippen MR) is 56.2 cm³/mol. The Bertz CT molecular complexity index is 286. The molecule has 3 heteroatoms. The number of phenols is 1. The Balaban J connectivity index is 2.60. The van der Waals surface area contributed by atoms with Crippen molar-refractivity contribution in [3.8, 4) is 5.75 Å². The van der Waals surface area contributed by atoms with Gasteiger partial charge in [-0.15, -0.1) is 0 Å². The average Bonchev–Trinajstić information content (AvgIpc) is 2.15. The highest BCUT2D eigenvalue weighted by Gasteiger charge is 2.09. The number of aromatic hydroxyl groups is 1. The first-order valence-corrected chi connectivity index (χ1v) is 4.80. The molecule has 1 rings (SSSR count). The largest absolute Gasteiger partial charge is 0.508 e. The lowest BCUT2D eigenvalue weighted by Crippen LogP contribution is -2.27. The minimum absolute atomic E-state index is 0.0470. The third kappa shape index (κ3) is 3.01. The van der Waals surface area contributed by atoms with E-state index in [4.69, 9.17) is 5.11 Å². The average molecular weight is 195 g/mol. The number of aliphatic hydroxyl groups excluding tert-OH is 1. The van der Waals surface area contributed by atoms with Gasteiger partial charge in [-0.25, -0.2) is 0 Å². The number of nitrogens with one attached hydrogen (secondary N) is 1. The molecule has 0 saturated carbocycles. The van der Waals surface area contributed by atoms with Crippen LogP contribution in [0.5, 0.6) is 5.75 Å². The molecule has 3 nitrogen and oxygen atoms in total. The minimum atomic E-state index is -0.372. The molecule has 1 aromatic rings. The molecule has 0 fully saturated rings. The van der Waals surface area contributed by atoms with E-state index in [1.54, 1.807) is 19.1 Å². The lowest BCUT2D eigenvalue weighted by atomic mass is 10.1. The molecule has 1 aromatic carbocycles. The van der Waals surface area contributed by atoms with Gasteiger partial charge in [-0.2, -0.15) is 0 Å². The fraction of sp³-hybridized carbons (Fsp3) is 0.455. The summed E-state index contributed by atoms with van der Waals surface area (Å²) in [5, 5.41) is 21.8. The summed E-state index contributed by atoms with van der Waals surface area (Å²) in [5.41, 5.74) is 0.855. The highest BCUT2D eigenvalue weighted by Crippen LogP contribution is 2.22. The predicted octanol–water partition coefficient (Wildman–Crippen LogP) is 1.42. The van der Waals surface area contributed by atoms with Gasteiger partial charge in [-0.3, -0.25) is 0 Å². The normalized spacial score (nSPS) is 15.1. The number of phenolic OH excluding ortho intramolecular Hbond substituents is 1. The van der Waals surface area contributed by atoms with Crippen LogP contribution in [0.3, 0.4) is 0 Å². The van der Waals surface area contributed by atoms with Crippen LogP contribution in [0.25, 0.3) is 0 Å². The quantitative estimate of drug-likeness (QED) is 0.681. The first-order chi connectivity index (χ1) is 6.61. The fourth-order valence-corrected chi connectivity index (χ4v) is 1.31. The molecule has 0 aliphatic carbocycles. The van der Waals surface area contributed by atoms with E-state index in [1.807, 2.05) is 19.1 Å². The highest BCUT2D eigenvalue weighted by molar-refractivity contribution is 5.34. The number of para-hydroxylation sites is 1. The highest BCUT2D eigenvalue weighted by atomic mass is 16.3. The number of rotatable bonds is 4. The van der Waals surface area contributed by atoms with Gasteiger partial charge in [0, 0.05) is 18.2 Å². The van der Waals surface area contributed by atoms with Crippen molar-refractivity contribution in [3.05, 3.63) is 29.8 Å². The Morgan fingerprint density at radius 3 is 2.50 bits per heavy atom. The van der Waals surface area contributed by atoms with Crippen molar-refractivity contribution in [1.29, 1.82) is 0 Å². The van der Waals surface area contributed by atoms with Gasteiger partial charge in [-0.1, -0.05) is 18.2 Å². The zero-order chi connectivity index (χ0) is 10.6. The molecule has 0 aromatic heterocycles. The zero-order valence-electron chi connectivity index (χ0n) is 8.57. The summed E-state index contributed by atoms with van der Waals surface area (Å²) in [6.45, 7) is 4.21. The summed E-state index contributed by atoms with van der Waals surface area (Å²) >= 11 is 0. The maximum atomic E-state index is 9.54. The van der Waals surface area contributed by atoms with Crippen LogP contribution in [0.1, 0.15) is 25.5 Å². The molecule has 3 N–H and O–H groups in total. The SMILES string of the molecule is CC(O)CNC(C)c1ccccc1O. The number of benzene rings is 1. The second-order valence-corrected chi connectivity index (χ2v) is 3.54. The second kappa shape index (κ2) is 4.98. The molecule has 0 aliphatic heterocycles. The lowest BCUT2D eigenvalue weighted by Gasteiger charge is -2.16. The van der Waals surface area contributed by atoms with E-state index >= 15 is 0 Å². The number of hydrogen-bond donors (Lipinski definition) is 3. The molecule has 0 spiro atoms. The monoisotopic (exact) mass is 195 g/mol. The molecule has 0 aliphatic rings. The summed E-state index contributed by atoms with van der Waals surface area (Å²) in [7, 11) is 0. The van der Waals surface area contributed by atoms with Crippen molar-refractivity contribution in [2.45, 2.75) is 26.0 Å². The van der Waals surface area contributed by atoms with E-state index < -0.39 is 0 Å². The van der Waals surface area contributed by atoms with Crippen LogP contribution in [0.4, 0.5) is 0 Å². The first kappa shape index (κ1) is 11.0. The number of aliphatic hydroxyl groups is 1. The van der Waals surface area contributed by atoms with Crippen LogP contribution in [0.15, 0.2) is 24.3 Å². The van der Waals surface area contributed by atoms with E-state index in [2.05, 4.69) is 5.32 Å². The van der Waals surface area contributed by atoms with Crippen molar-refractivity contribution in [1.82, 2.24) is 5.32 Å². The van der Waals surface area contributed by atoms with Crippen LogP contribution >= 0.6 is 0 Å². The van der Waals surface area contributed by atoms with Crippen molar-refractivity contribution < 1.29 is 10.2 Å². The van der Waals surface area contributed by atoms with Gasteiger partial charge in [-0.05, 0) is 19.9 Å². The summed E-state index contributed by atoms with van der Waals surface area (Å²) in [4.78, 5) is 0. The minimum Gasteiger partial charge on any atom is -0.508 e. The fourth-order valence-electron chi connectivity index (χ4n) is 1.31. The van der Waals surface area contributed by atoms with Crippen LogP contribution in [0, 0.1) is 0 Å². The lowest BCUT2D eigenvalue weighted by molar-refractivity contribution is 0.187. The van der Waals surface area contributed by atoms with Crippen molar-refractivity contribution in [2.24, 2.45) is 0 Å². The Hall–Kier alpha value is -1.06. The van der Waals surface area contributed by atoms with Gasteiger partial charge in [0.15, 0.2) is 0 Å². The molecule has 0 heterocycles. The van der Waals surface area contributed by atoms with Crippen LogP contribution in [0.2, 0.25) is 0 Å². The summed E-state index contributed by atoms with van der Waals surface area (Å²) in [6.07, 6.45) is -0.372. The summed E-state index contributed by atoms with van der Waals surface area (Å²) in [5.74, 6) is 0.290. The second-order valence-electron chi connectivity index (χ2n) is 3.54. The summed E-state index contributed by atoms with van der Waals surface area (Å²) in [6, 6.07) is 7.26. The standard InChI is InChI=1S/C11H17NO2/c1-8(13)7-12-9(2)10-5-3-4-6-11(10)14/h3-6,8-9,12-14H,7H2,1-2H3. The maximum absolute atomic E-state index is 9.54. The number of hydrogen-bond acceptors (Lipinski definition) is 3. The van der Waals surface area contributed by atoms with Crippen LogP contribution in [-0.2, 0) is 0 Å². The molecular weight excluding hydrogens is 178 g/mol. The van der Waals surface area contributed by atoms with E-state index in [-0.39, 0.29) is 17.9 Å².